The molecule has 3 atom stereocenters. The number of carbonyl (C=O) groups excluding carboxylic acids is 1. The predicted molar refractivity (Wildman–Crippen MR) is 126 cm³/mol. The molecule has 0 N–H and O–H groups in total. The van der Waals surface area contributed by atoms with Gasteiger partial charge in [0.15, 0.2) is 0 Å². The fraction of sp³-hybridized carbons (Fsp3) is 0.760. The normalized spacial score (nSPS) is 28.7. The van der Waals surface area contributed by atoms with Gasteiger partial charge in [-0.3, -0.25) is 9.78 Å². The third-order valence-electron chi connectivity index (χ3n) is 8.15. The van der Waals surface area contributed by atoms with Crippen LogP contribution in [0.1, 0.15) is 88.4 Å². The molecular formula is C25H37F2N3O3S. The Labute approximate surface area is 202 Å². The summed E-state index contributed by atoms with van der Waals surface area (Å²) in [5.41, 5.74) is 1.42. The van der Waals surface area contributed by atoms with E-state index in [2.05, 4.69) is 6.92 Å². The van der Waals surface area contributed by atoms with Gasteiger partial charge in [-0.2, -0.15) is 4.31 Å². The topological polar surface area (TPSA) is 70.6 Å². The van der Waals surface area contributed by atoms with E-state index in [1.165, 1.54) is 9.21 Å². The molecule has 34 heavy (non-hydrogen) atoms. The minimum absolute atomic E-state index is 0.0850. The molecule has 2 aliphatic carbocycles. The molecule has 3 aliphatic rings. The highest BCUT2D eigenvalue weighted by atomic mass is 32.2. The summed E-state index contributed by atoms with van der Waals surface area (Å²) >= 11 is 0. The van der Waals surface area contributed by atoms with Gasteiger partial charge in [0, 0.05) is 44.1 Å². The summed E-state index contributed by atoms with van der Waals surface area (Å²) < 4.78 is 56.4. The number of likely N-dealkylation sites (N-methyl/N-ethyl adjacent to an activating group) is 1. The number of amides is 1. The number of pyridine rings is 1. The Balaban J connectivity index is 1.59. The monoisotopic (exact) mass is 497 g/mol. The second-order valence-electron chi connectivity index (χ2n) is 10.5. The molecule has 0 aromatic carbocycles. The number of hydrogen-bond donors (Lipinski definition) is 0. The van der Waals surface area contributed by atoms with E-state index >= 15 is 0 Å². The van der Waals surface area contributed by atoms with Crippen molar-refractivity contribution in [1.29, 1.82) is 0 Å². The van der Waals surface area contributed by atoms with E-state index in [9.17, 15) is 22.0 Å². The molecule has 2 heterocycles. The van der Waals surface area contributed by atoms with Gasteiger partial charge in [0.05, 0.1) is 5.69 Å². The highest BCUT2D eigenvalue weighted by molar-refractivity contribution is 7.89. The highest BCUT2D eigenvalue weighted by Gasteiger charge is 2.45. The quantitative estimate of drug-likeness (QED) is 0.582. The zero-order chi connectivity index (χ0) is 24.7. The number of carbonyl (C=O) groups is 1. The van der Waals surface area contributed by atoms with E-state index in [4.69, 9.17) is 4.98 Å². The SMILES string of the molecule is Cc1ccc(S(=O)(=O)N2CCC[C@H]2C(=O)N(C)C2CCC(F)(F)CC2)c([C@@H]2CCCC[C@@H]2C)n1. The van der Waals surface area contributed by atoms with E-state index in [1.807, 2.05) is 6.92 Å². The molecule has 0 unspecified atom stereocenters. The number of alkyl halides is 2. The lowest BCUT2D eigenvalue weighted by Gasteiger charge is -2.37. The smallest absolute Gasteiger partial charge is 0.248 e. The summed E-state index contributed by atoms with van der Waals surface area (Å²) in [5.74, 6) is -2.52. The number of aryl methyl sites for hydroxylation is 1. The van der Waals surface area contributed by atoms with Crippen molar-refractivity contribution in [3.8, 4) is 0 Å². The first-order valence-corrected chi connectivity index (χ1v) is 14.1. The van der Waals surface area contributed by atoms with E-state index in [1.54, 1.807) is 19.2 Å². The third kappa shape index (κ3) is 5.01. The van der Waals surface area contributed by atoms with Gasteiger partial charge in [0.1, 0.15) is 10.9 Å². The van der Waals surface area contributed by atoms with Gasteiger partial charge in [-0.15, -0.1) is 0 Å². The Kier molecular flexibility index (Phi) is 7.34. The molecule has 3 fully saturated rings. The second-order valence-corrected chi connectivity index (χ2v) is 12.4. The van der Waals surface area contributed by atoms with E-state index in [0.29, 0.717) is 24.5 Å². The van der Waals surface area contributed by atoms with Gasteiger partial charge in [0.25, 0.3) is 0 Å². The Hall–Kier alpha value is -1.61. The van der Waals surface area contributed by atoms with Crippen LogP contribution < -0.4 is 0 Å². The Morgan fingerprint density at radius 3 is 2.44 bits per heavy atom. The van der Waals surface area contributed by atoms with Crippen LogP contribution in [0, 0.1) is 12.8 Å². The van der Waals surface area contributed by atoms with E-state index in [-0.39, 0.29) is 55.0 Å². The van der Waals surface area contributed by atoms with Crippen LogP contribution in [-0.2, 0) is 14.8 Å². The molecule has 0 radical (unpaired) electrons. The van der Waals surface area contributed by atoms with Crippen LogP contribution in [0.5, 0.6) is 0 Å². The maximum atomic E-state index is 13.9. The van der Waals surface area contributed by atoms with Crippen molar-refractivity contribution in [2.45, 2.75) is 107 Å². The van der Waals surface area contributed by atoms with Crippen LogP contribution in [0.4, 0.5) is 8.78 Å². The minimum atomic E-state index is -3.93. The Morgan fingerprint density at radius 1 is 1.09 bits per heavy atom. The zero-order valence-corrected chi connectivity index (χ0v) is 21.3. The van der Waals surface area contributed by atoms with Crippen molar-refractivity contribution < 1.29 is 22.0 Å². The first-order chi connectivity index (χ1) is 16.0. The number of nitrogens with zero attached hydrogens (tertiary/aromatic N) is 3. The maximum absolute atomic E-state index is 13.9. The van der Waals surface area contributed by atoms with Gasteiger partial charge >= 0.3 is 0 Å². The first-order valence-electron chi connectivity index (χ1n) is 12.6. The molecule has 0 bridgehead atoms. The summed E-state index contributed by atoms with van der Waals surface area (Å²) in [4.78, 5) is 19.8. The number of sulfonamides is 1. The summed E-state index contributed by atoms with van der Waals surface area (Å²) in [6.45, 7) is 4.32. The molecule has 190 valence electrons. The Bertz CT molecular complexity index is 1010. The molecule has 1 aromatic rings. The third-order valence-corrected chi connectivity index (χ3v) is 10.1. The molecule has 2 saturated carbocycles. The van der Waals surface area contributed by atoms with Crippen LogP contribution in [-0.4, -0.2) is 60.1 Å². The van der Waals surface area contributed by atoms with Gasteiger partial charge < -0.3 is 4.90 Å². The Morgan fingerprint density at radius 2 is 1.76 bits per heavy atom. The maximum Gasteiger partial charge on any atom is 0.248 e. The van der Waals surface area contributed by atoms with Crippen LogP contribution >= 0.6 is 0 Å². The molecule has 4 rings (SSSR count). The fourth-order valence-electron chi connectivity index (χ4n) is 6.00. The summed E-state index contributed by atoms with van der Waals surface area (Å²) in [6, 6.07) is 2.30. The van der Waals surface area contributed by atoms with Crippen molar-refractivity contribution in [2.75, 3.05) is 13.6 Å². The van der Waals surface area contributed by atoms with Crippen molar-refractivity contribution >= 4 is 15.9 Å². The van der Waals surface area contributed by atoms with Gasteiger partial charge in [-0.25, -0.2) is 17.2 Å². The lowest BCUT2D eigenvalue weighted by molar-refractivity contribution is -0.138. The fourth-order valence-corrected chi connectivity index (χ4v) is 7.85. The molecular weight excluding hydrogens is 460 g/mol. The average Bonchev–Trinajstić information content (AvgIpc) is 3.29. The number of aromatic nitrogens is 1. The number of hydrogen-bond acceptors (Lipinski definition) is 4. The summed E-state index contributed by atoms with van der Waals surface area (Å²) in [7, 11) is -2.31. The van der Waals surface area contributed by atoms with Crippen LogP contribution in [0.15, 0.2) is 17.0 Å². The van der Waals surface area contributed by atoms with E-state index in [0.717, 1.165) is 31.4 Å². The van der Waals surface area contributed by atoms with Crippen LogP contribution in [0.25, 0.3) is 0 Å². The zero-order valence-electron chi connectivity index (χ0n) is 20.5. The van der Waals surface area contributed by atoms with Crippen molar-refractivity contribution in [1.82, 2.24) is 14.2 Å². The molecule has 1 aliphatic heterocycles. The molecule has 9 heteroatoms. The first kappa shape index (κ1) is 25.5. The van der Waals surface area contributed by atoms with Gasteiger partial charge in [-0.1, -0.05) is 26.2 Å². The standard InChI is InChI=1S/C25H37F2N3O3S/c1-17-7-4-5-8-20(17)23-22(11-10-18(2)28-23)34(32,33)30-16-6-9-21(30)24(31)29(3)19-12-14-25(26,27)15-13-19/h10-11,17,19-21H,4-9,12-16H2,1-3H3/t17-,20+,21-/m0/s1. The summed E-state index contributed by atoms with van der Waals surface area (Å²) in [6.07, 6.45) is 5.21. The number of halogens is 2. The minimum Gasteiger partial charge on any atom is -0.341 e. The van der Waals surface area contributed by atoms with E-state index < -0.39 is 22.0 Å². The molecule has 1 amide bonds. The van der Waals surface area contributed by atoms with Crippen LogP contribution in [0.2, 0.25) is 0 Å². The van der Waals surface area contributed by atoms with Gasteiger partial charge in [-0.05, 0) is 57.1 Å². The van der Waals surface area contributed by atoms with Crippen molar-refractivity contribution in [3.63, 3.8) is 0 Å². The van der Waals surface area contributed by atoms with Gasteiger partial charge in [0.2, 0.25) is 21.9 Å². The largest absolute Gasteiger partial charge is 0.341 e. The highest BCUT2D eigenvalue weighted by Crippen LogP contribution is 2.41. The average molecular weight is 498 g/mol. The summed E-state index contributed by atoms with van der Waals surface area (Å²) in [5, 5.41) is 0. The lowest BCUT2D eigenvalue weighted by atomic mass is 9.78. The molecule has 1 aromatic heterocycles. The molecule has 6 nitrogen and oxygen atoms in total. The van der Waals surface area contributed by atoms with Crippen molar-refractivity contribution in [3.05, 3.63) is 23.5 Å². The van der Waals surface area contributed by atoms with Crippen LogP contribution in [0.3, 0.4) is 0 Å². The number of rotatable bonds is 5. The predicted octanol–water partition coefficient (Wildman–Crippen LogP) is 4.87. The second kappa shape index (κ2) is 9.80. The lowest BCUT2D eigenvalue weighted by Crippen LogP contribution is -2.50. The molecule has 0 spiro atoms. The van der Waals surface area contributed by atoms with Crippen molar-refractivity contribution in [2.24, 2.45) is 5.92 Å². The molecule has 1 saturated heterocycles.